The SMILES string of the molecule is Cc1nn(C)c2nc(-c3ccco3)cc(C(=O)NCc3ccccc3CN(C)C(C)C)c12. The quantitative estimate of drug-likeness (QED) is 0.472. The standard InChI is InChI=1S/C25H29N5O2/c1-16(2)29(4)15-19-10-7-6-9-18(19)14-26-25(31)20-13-21(22-11-8-12-32-22)27-24-23(20)17(3)28-30(24)5/h6-13,16H,14-15H2,1-5H3,(H,26,31). The first-order valence-electron chi connectivity index (χ1n) is 10.8. The molecule has 166 valence electrons. The van der Waals surface area contributed by atoms with Gasteiger partial charge in [-0.05, 0) is 57.1 Å². The van der Waals surface area contributed by atoms with Crippen LogP contribution in [0, 0.1) is 6.92 Å². The third-order valence-corrected chi connectivity index (χ3v) is 5.85. The Morgan fingerprint density at radius 3 is 2.62 bits per heavy atom. The van der Waals surface area contributed by atoms with Gasteiger partial charge in [-0.1, -0.05) is 24.3 Å². The van der Waals surface area contributed by atoms with Gasteiger partial charge < -0.3 is 9.73 Å². The first-order chi connectivity index (χ1) is 15.3. The monoisotopic (exact) mass is 431 g/mol. The summed E-state index contributed by atoms with van der Waals surface area (Å²) in [6.07, 6.45) is 1.60. The van der Waals surface area contributed by atoms with E-state index in [2.05, 4.69) is 53.3 Å². The normalized spacial score (nSPS) is 11.6. The molecule has 0 unspecified atom stereocenters. The summed E-state index contributed by atoms with van der Waals surface area (Å²) in [6.45, 7) is 7.51. The van der Waals surface area contributed by atoms with Gasteiger partial charge in [0.05, 0.1) is 22.9 Å². The molecule has 0 saturated carbocycles. The van der Waals surface area contributed by atoms with Gasteiger partial charge in [0.25, 0.3) is 5.91 Å². The zero-order valence-electron chi connectivity index (χ0n) is 19.2. The van der Waals surface area contributed by atoms with Crippen molar-refractivity contribution in [2.75, 3.05) is 7.05 Å². The lowest BCUT2D eigenvalue weighted by atomic mass is 10.1. The highest BCUT2D eigenvalue weighted by molar-refractivity contribution is 6.07. The van der Waals surface area contributed by atoms with Crippen LogP contribution in [0.1, 0.15) is 41.0 Å². The fourth-order valence-electron chi connectivity index (χ4n) is 3.78. The highest BCUT2D eigenvalue weighted by Gasteiger charge is 2.20. The van der Waals surface area contributed by atoms with Gasteiger partial charge in [-0.2, -0.15) is 5.10 Å². The Kier molecular flexibility index (Phi) is 6.10. The van der Waals surface area contributed by atoms with Crippen molar-refractivity contribution in [1.82, 2.24) is 25.0 Å². The lowest BCUT2D eigenvalue weighted by molar-refractivity contribution is 0.0952. The molecule has 0 aliphatic carbocycles. The second-order valence-corrected chi connectivity index (χ2v) is 8.40. The molecule has 0 spiro atoms. The van der Waals surface area contributed by atoms with E-state index in [9.17, 15) is 4.79 Å². The number of aromatic nitrogens is 3. The van der Waals surface area contributed by atoms with E-state index >= 15 is 0 Å². The minimum atomic E-state index is -0.159. The number of rotatable bonds is 7. The number of nitrogens with zero attached hydrogens (tertiary/aromatic N) is 4. The Bertz CT molecular complexity index is 1240. The van der Waals surface area contributed by atoms with Crippen molar-refractivity contribution in [3.8, 4) is 11.5 Å². The zero-order valence-corrected chi connectivity index (χ0v) is 19.2. The smallest absolute Gasteiger partial charge is 0.252 e. The minimum Gasteiger partial charge on any atom is -0.463 e. The average molecular weight is 432 g/mol. The number of carbonyl (C=O) groups excluding carboxylic acids is 1. The number of aryl methyl sites for hydroxylation is 2. The maximum absolute atomic E-state index is 13.3. The summed E-state index contributed by atoms with van der Waals surface area (Å²) >= 11 is 0. The summed E-state index contributed by atoms with van der Waals surface area (Å²) in [5.74, 6) is 0.454. The van der Waals surface area contributed by atoms with Crippen molar-refractivity contribution in [1.29, 1.82) is 0 Å². The molecular formula is C25H29N5O2. The Labute approximate surface area is 188 Å². The molecular weight excluding hydrogens is 402 g/mol. The maximum atomic E-state index is 13.3. The molecule has 0 aliphatic rings. The second kappa shape index (κ2) is 8.96. The Morgan fingerprint density at radius 1 is 1.19 bits per heavy atom. The molecule has 0 fully saturated rings. The molecule has 0 saturated heterocycles. The zero-order chi connectivity index (χ0) is 22.8. The maximum Gasteiger partial charge on any atom is 0.252 e. The predicted octanol–water partition coefficient (Wildman–Crippen LogP) is 4.31. The number of hydrogen-bond acceptors (Lipinski definition) is 5. The number of fused-ring (bicyclic) bond motifs is 1. The summed E-state index contributed by atoms with van der Waals surface area (Å²) in [7, 11) is 3.94. The van der Waals surface area contributed by atoms with Gasteiger partial charge in [0.15, 0.2) is 11.4 Å². The lowest BCUT2D eigenvalue weighted by Gasteiger charge is -2.22. The van der Waals surface area contributed by atoms with Crippen LogP contribution in [-0.4, -0.2) is 38.7 Å². The van der Waals surface area contributed by atoms with Crippen molar-refractivity contribution in [3.63, 3.8) is 0 Å². The van der Waals surface area contributed by atoms with Crippen LogP contribution >= 0.6 is 0 Å². The highest BCUT2D eigenvalue weighted by atomic mass is 16.3. The third kappa shape index (κ3) is 4.29. The van der Waals surface area contributed by atoms with Gasteiger partial charge in [-0.25, -0.2) is 4.98 Å². The van der Waals surface area contributed by atoms with Crippen molar-refractivity contribution < 1.29 is 9.21 Å². The fraction of sp³-hybridized carbons (Fsp3) is 0.320. The Morgan fingerprint density at radius 2 is 1.94 bits per heavy atom. The molecule has 0 aliphatic heterocycles. The molecule has 1 aromatic carbocycles. The first-order valence-corrected chi connectivity index (χ1v) is 10.8. The summed E-state index contributed by atoms with van der Waals surface area (Å²) in [4.78, 5) is 20.3. The van der Waals surface area contributed by atoms with E-state index in [0.717, 1.165) is 23.2 Å². The Hall–Kier alpha value is -3.45. The fourth-order valence-corrected chi connectivity index (χ4v) is 3.78. The van der Waals surface area contributed by atoms with E-state index in [1.165, 1.54) is 5.56 Å². The van der Waals surface area contributed by atoms with E-state index < -0.39 is 0 Å². The molecule has 0 atom stereocenters. The topological polar surface area (TPSA) is 76.2 Å². The lowest BCUT2D eigenvalue weighted by Crippen LogP contribution is -2.28. The van der Waals surface area contributed by atoms with Crippen LogP contribution in [0.3, 0.4) is 0 Å². The number of nitrogens with one attached hydrogen (secondary N) is 1. The van der Waals surface area contributed by atoms with Gasteiger partial charge in [0, 0.05) is 26.2 Å². The van der Waals surface area contributed by atoms with Crippen LogP contribution in [0.25, 0.3) is 22.5 Å². The molecule has 3 aromatic heterocycles. The number of carbonyl (C=O) groups is 1. The van der Waals surface area contributed by atoms with E-state index in [1.54, 1.807) is 23.1 Å². The van der Waals surface area contributed by atoms with E-state index in [0.29, 0.717) is 35.3 Å². The molecule has 0 radical (unpaired) electrons. The highest BCUT2D eigenvalue weighted by Crippen LogP contribution is 2.27. The second-order valence-electron chi connectivity index (χ2n) is 8.40. The van der Waals surface area contributed by atoms with Crippen LogP contribution in [-0.2, 0) is 20.1 Å². The van der Waals surface area contributed by atoms with Gasteiger partial charge in [-0.3, -0.25) is 14.4 Å². The van der Waals surface area contributed by atoms with Crippen molar-refractivity contribution in [2.45, 2.75) is 39.9 Å². The summed E-state index contributed by atoms with van der Waals surface area (Å²) in [5.41, 5.74) is 4.88. The van der Waals surface area contributed by atoms with Crippen LogP contribution in [0.2, 0.25) is 0 Å². The van der Waals surface area contributed by atoms with Crippen LogP contribution in [0.15, 0.2) is 53.1 Å². The Balaban J connectivity index is 1.64. The summed E-state index contributed by atoms with van der Waals surface area (Å²) in [6, 6.07) is 14.1. The molecule has 0 bridgehead atoms. The number of pyridine rings is 1. The van der Waals surface area contributed by atoms with Crippen molar-refractivity contribution in [3.05, 3.63) is 71.1 Å². The van der Waals surface area contributed by atoms with E-state index in [4.69, 9.17) is 4.42 Å². The number of amides is 1. The molecule has 1 amide bonds. The predicted molar refractivity (Wildman–Crippen MR) is 125 cm³/mol. The largest absolute Gasteiger partial charge is 0.463 e. The molecule has 3 heterocycles. The molecule has 4 aromatic rings. The minimum absolute atomic E-state index is 0.159. The van der Waals surface area contributed by atoms with E-state index in [1.807, 2.05) is 32.2 Å². The van der Waals surface area contributed by atoms with Crippen LogP contribution in [0.4, 0.5) is 0 Å². The summed E-state index contributed by atoms with van der Waals surface area (Å²) < 4.78 is 7.22. The van der Waals surface area contributed by atoms with Crippen LogP contribution in [0.5, 0.6) is 0 Å². The number of furan rings is 1. The molecule has 7 nitrogen and oxygen atoms in total. The third-order valence-electron chi connectivity index (χ3n) is 5.85. The van der Waals surface area contributed by atoms with E-state index in [-0.39, 0.29) is 5.91 Å². The van der Waals surface area contributed by atoms with Gasteiger partial charge >= 0.3 is 0 Å². The van der Waals surface area contributed by atoms with Gasteiger partial charge in [0.2, 0.25) is 0 Å². The first kappa shape index (κ1) is 21.8. The molecule has 1 N–H and O–H groups in total. The van der Waals surface area contributed by atoms with Gasteiger partial charge in [0.1, 0.15) is 5.69 Å². The number of benzene rings is 1. The number of hydrogen-bond donors (Lipinski definition) is 1. The van der Waals surface area contributed by atoms with Crippen molar-refractivity contribution in [2.24, 2.45) is 7.05 Å². The molecule has 32 heavy (non-hydrogen) atoms. The average Bonchev–Trinajstić information content (AvgIpc) is 3.41. The van der Waals surface area contributed by atoms with Crippen molar-refractivity contribution >= 4 is 16.9 Å². The van der Waals surface area contributed by atoms with Crippen LogP contribution < -0.4 is 5.32 Å². The summed E-state index contributed by atoms with van der Waals surface area (Å²) in [5, 5.41) is 8.34. The molecule has 4 rings (SSSR count). The molecule has 7 heteroatoms. The van der Waals surface area contributed by atoms with Gasteiger partial charge in [-0.15, -0.1) is 0 Å².